The highest BCUT2D eigenvalue weighted by Crippen LogP contribution is 2.38. The predicted octanol–water partition coefficient (Wildman–Crippen LogP) is 3.08. The van der Waals surface area contributed by atoms with E-state index in [1.165, 1.54) is 4.31 Å². The van der Waals surface area contributed by atoms with E-state index in [1.807, 2.05) is 6.92 Å². The third-order valence-corrected chi connectivity index (χ3v) is 6.81. The first-order valence-electron chi connectivity index (χ1n) is 6.36. The first-order valence-corrected chi connectivity index (χ1v) is 8.56. The molecule has 0 spiro atoms. The monoisotopic (exact) mass is 372 g/mol. The molecule has 8 heteroatoms. The average Bonchev–Trinajstić information content (AvgIpc) is 2.78. The quantitative estimate of drug-likeness (QED) is 0.885. The highest BCUT2D eigenvalue weighted by atomic mass is 35.5. The Morgan fingerprint density at radius 3 is 2.52 bits per heavy atom. The number of nitrogens with two attached hydrogens (primary N) is 1. The standard InChI is InChI=1S/C13H18Cl2N2O2S.ClH/c1-9-3-4-10(14)12(11(9)15)20(18,19)17-6-5-13(2,7-16)8-17;/h3-4H,5-8,16H2,1-2H3;1H. The zero-order valence-corrected chi connectivity index (χ0v) is 15.0. The molecule has 2 rings (SSSR count). The summed E-state index contributed by atoms with van der Waals surface area (Å²) in [6.07, 6.45) is 0.740. The van der Waals surface area contributed by atoms with Crippen molar-refractivity contribution in [3.8, 4) is 0 Å². The number of hydrogen-bond acceptors (Lipinski definition) is 3. The Morgan fingerprint density at radius 1 is 1.38 bits per heavy atom. The number of halogens is 3. The van der Waals surface area contributed by atoms with Gasteiger partial charge in [-0.1, -0.05) is 36.2 Å². The van der Waals surface area contributed by atoms with Crippen molar-refractivity contribution in [1.82, 2.24) is 4.31 Å². The topological polar surface area (TPSA) is 63.4 Å². The van der Waals surface area contributed by atoms with Crippen molar-refractivity contribution in [1.29, 1.82) is 0 Å². The third kappa shape index (κ3) is 3.49. The maximum Gasteiger partial charge on any atom is 0.246 e. The molecule has 0 aromatic heterocycles. The Labute approximate surface area is 142 Å². The van der Waals surface area contributed by atoms with Gasteiger partial charge < -0.3 is 5.73 Å². The zero-order chi connectivity index (χ0) is 15.1. The molecular weight excluding hydrogens is 355 g/mol. The van der Waals surface area contributed by atoms with E-state index < -0.39 is 10.0 Å². The lowest BCUT2D eigenvalue weighted by molar-refractivity contribution is 0.349. The van der Waals surface area contributed by atoms with Gasteiger partial charge in [-0.05, 0) is 36.9 Å². The minimum absolute atomic E-state index is 0. The van der Waals surface area contributed by atoms with Crippen molar-refractivity contribution in [2.75, 3.05) is 19.6 Å². The molecule has 1 unspecified atom stereocenters. The summed E-state index contributed by atoms with van der Waals surface area (Å²) in [7, 11) is -3.69. The molecule has 1 atom stereocenters. The van der Waals surface area contributed by atoms with Crippen LogP contribution < -0.4 is 5.73 Å². The molecule has 0 aliphatic carbocycles. The van der Waals surface area contributed by atoms with Gasteiger partial charge in [-0.2, -0.15) is 4.31 Å². The summed E-state index contributed by atoms with van der Waals surface area (Å²) in [5, 5.41) is 0.348. The van der Waals surface area contributed by atoms with Crippen LogP contribution in [0.5, 0.6) is 0 Å². The molecule has 2 N–H and O–H groups in total. The molecule has 0 amide bonds. The number of sulfonamides is 1. The van der Waals surface area contributed by atoms with Gasteiger partial charge in [0.05, 0.1) is 10.0 Å². The molecule has 1 saturated heterocycles. The van der Waals surface area contributed by atoms with Gasteiger partial charge in [0.15, 0.2) is 0 Å². The Balaban J connectivity index is 0.00000220. The molecule has 1 aliphatic rings. The van der Waals surface area contributed by atoms with Gasteiger partial charge in [0.25, 0.3) is 0 Å². The van der Waals surface area contributed by atoms with Crippen LogP contribution in [-0.4, -0.2) is 32.4 Å². The van der Waals surface area contributed by atoms with Crippen molar-refractivity contribution >= 4 is 45.6 Å². The predicted molar refractivity (Wildman–Crippen MR) is 89.0 cm³/mol. The van der Waals surface area contributed by atoms with Crippen LogP contribution >= 0.6 is 35.6 Å². The van der Waals surface area contributed by atoms with Crippen LogP contribution in [0.4, 0.5) is 0 Å². The number of rotatable bonds is 3. The van der Waals surface area contributed by atoms with Crippen LogP contribution in [-0.2, 0) is 10.0 Å². The van der Waals surface area contributed by atoms with Crippen LogP contribution in [0.1, 0.15) is 18.9 Å². The number of hydrogen-bond donors (Lipinski definition) is 1. The molecule has 1 fully saturated rings. The van der Waals surface area contributed by atoms with Crippen molar-refractivity contribution in [2.24, 2.45) is 11.1 Å². The summed E-state index contributed by atoms with van der Waals surface area (Å²) in [5.74, 6) is 0. The first kappa shape index (κ1) is 19.0. The van der Waals surface area contributed by atoms with Gasteiger partial charge in [0.1, 0.15) is 4.90 Å². The van der Waals surface area contributed by atoms with E-state index >= 15 is 0 Å². The van der Waals surface area contributed by atoms with Crippen molar-refractivity contribution in [2.45, 2.75) is 25.2 Å². The molecule has 0 saturated carbocycles. The molecule has 1 heterocycles. The minimum Gasteiger partial charge on any atom is -0.330 e. The molecule has 4 nitrogen and oxygen atoms in total. The summed E-state index contributed by atoms with van der Waals surface area (Å²) in [6, 6.07) is 3.27. The van der Waals surface area contributed by atoms with E-state index in [0.29, 0.717) is 25.2 Å². The minimum atomic E-state index is -3.69. The lowest BCUT2D eigenvalue weighted by Crippen LogP contribution is -2.34. The Bertz CT molecular complexity index is 637. The van der Waals surface area contributed by atoms with Gasteiger partial charge in [0.2, 0.25) is 10.0 Å². The summed E-state index contributed by atoms with van der Waals surface area (Å²) in [5.41, 5.74) is 6.23. The van der Waals surface area contributed by atoms with Crippen molar-refractivity contribution < 1.29 is 8.42 Å². The van der Waals surface area contributed by atoms with E-state index in [9.17, 15) is 8.42 Å². The van der Waals surface area contributed by atoms with Crippen LogP contribution in [0.2, 0.25) is 10.0 Å². The number of benzene rings is 1. The van der Waals surface area contributed by atoms with Crippen molar-refractivity contribution in [3.05, 3.63) is 27.7 Å². The normalized spacial score (nSPS) is 23.1. The summed E-state index contributed by atoms with van der Waals surface area (Å²) < 4.78 is 26.9. The third-order valence-electron chi connectivity index (χ3n) is 3.86. The van der Waals surface area contributed by atoms with Gasteiger partial charge in [-0.15, -0.1) is 12.4 Å². The van der Waals surface area contributed by atoms with Gasteiger partial charge >= 0.3 is 0 Å². The van der Waals surface area contributed by atoms with E-state index in [4.69, 9.17) is 28.9 Å². The van der Waals surface area contributed by atoms with Crippen LogP contribution in [0.15, 0.2) is 17.0 Å². The fourth-order valence-corrected chi connectivity index (χ4v) is 5.08. The lowest BCUT2D eigenvalue weighted by Gasteiger charge is -2.23. The largest absolute Gasteiger partial charge is 0.330 e. The van der Waals surface area contributed by atoms with E-state index in [0.717, 1.165) is 6.42 Å². The van der Waals surface area contributed by atoms with Gasteiger partial charge in [-0.3, -0.25) is 0 Å². The molecule has 1 aromatic carbocycles. The van der Waals surface area contributed by atoms with Crippen LogP contribution in [0.3, 0.4) is 0 Å². The summed E-state index contributed by atoms with van der Waals surface area (Å²) in [6.45, 7) is 5.03. The Morgan fingerprint density at radius 2 is 2.00 bits per heavy atom. The number of aryl methyl sites for hydroxylation is 1. The van der Waals surface area contributed by atoms with Gasteiger partial charge in [0, 0.05) is 13.1 Å². The van der Waals surface area contributed by atoms with Gasteiger partial charge in [-0.25, -0.2) is 8.42 Å². The average molecular weight is 374 g/mol. The van der Waals surface area contributed by atoms with Crippen LogP contribution in [0.25, 0.3) is 0 Å². The second-order valence-corrected chi connectivity index (χ2v) is 8.27. The van der Waals surface area contributed by atoms with E-state index in [1.54, 1.807) is 19.1 Å². The smallest absolute Gasteiger partial charge is 0.246 e. The first-order chi connectivity index (χ1) is 9.21. The Hall–Kier alpha value is -0.0400. The molecule has 0 radical (unpaired) electrons. The fraction of sp³-hybridized carbons (Fsp3) is 0.538. The maximum atomic E-state index is 12.7. The molecule has 21 heavy (non-hydrogen) atoms. The molecule has 1 aromatic rings. The van der Waals surface area contributed by atoms with Crippen LogP contribution in [0, 0.1) is 12.3 Å². The molecule has 1 aliphatic heterocycles. The van der Waals surface area contributed by atoms with Crippen molar-refractivity contribution in [3.63, 3.8) is 0 Å². The SMILES string of the molecule is Cc1ccc(Cl)c(S(=O)(=O)N2CCC(C)(CN)C2)c1Cl.Cl. The summed E-state index contributed by atoms with van der Waals surface area (Å²) in [4.78, 5) is 0.00195. The van der Waals surface area contributed by atoms with E-state index in [-0.39, 0.29) is 32.8 Å². The maximum absolute atomic E-state index is 12.7. The summed E-state index contributed by atoms with van der Waals surface area (Å²) >= 11 is 12.2. The lowest BCUT2D eigenvalue weighted by atomic mass is 9.90. The Kier molecular flexibility index (Phi) is 5.98. The highest BCUT2D eigenvalue weighted by Gasteiger charge is 2.40. The number of nitrogens with zero attached hydrogens (tertiary/aromatic N) is 1. The highest BCUT2D eigenvalue weighted by molar-refractivity contribution is 7.89. The molecular formula is C13H19Cl3N2O2S. The second-order valence-electron chi connectivity index (χ2n) is 5.61. The zero-order valence-electron chi connectivity index (χ0n) is 11.9. The fourth-order valence-electron chi connectivity index (χ4n) is 2.35. The molecule has 120 valence electrons. The second kappa shape index (κ2) is 6.60. The molecule has 0 bridgehead atoms. The van der Waals surface area contributed by atoms with E-state index in [2.05, 4.69) is 0 Å².